The Morgan fingerprint density at radius 3 is 2.30 bits per heavy atom. The summed E-state index contributed by atoms with van der Waals surface area (Å²) in [5.74, 6) is 0.872. The van der Waals surface area contributed by atoms with Crippen LogP contribution in [0.2, 0.25) is 0 Å². The average molecular weight is 286 g/mol. The first-order valence-electron chi connectivity index (χ1n) is 7.78. The molecule has 0 rings (SSSR count). The summed E-state index contributed by atoms with van der Waals surface area (Å²) in [6.45, 7) is 16.4. The highest BCUT2D eigenvalue weighted by Crippen LogP contribution is 2.06. The summed E-state index contributed by atoms with van der Waals surface area (Å²) in [4.78, 5) is 7.00. The molecule has 0 aliphatic heterocycles. The topological polar surface area (TPSA) is 48.9 Å². The summed E-state index contributed by atoms with van der Waals surface area (Å²) in [6, 6.07) is 0. The molecule has 0 unspecified atom stereocenters. The lowest BCUT2D eigenvalue weighted by Gasteiger charge is -2.21. The van der Waals surface area contributed by atoms with Crippen LogP contribution in [0.5, 0.6) is 0 Å². The number of methoxy groups -OCH3 is 1. The standard InChI is InChI=1S/C15H34N4O/c1-7-16-14(18-13-15(4,5)20-6)17-11-10-12-19(8-2)9-3/h7-13H2,1-6H3,(H2,16,17,18). The molecule has 0 aromatic heterocycles. The van der Waals surface area contributed by atoms with E-state index in [4.69, 9.17) is 4.74 Å². The first kappa shape index (κ1) is 19.2. The highest BCUT2D eigenvalue weighted by molar-refractivity contribution is 5.79. The van der Waals surface area contributed by atoms with Gasteiger partial charge in [0.1, 0.15) is 0 Å². The van der Waals surface area contributed by atoms with Crippen LogP contribution in [-0.2, 0) is 4.74 Å². The number of aliphatic imine (C=N–C) groups is 1. The molecular weight excluding hydrogens is 252 g/mol. The van der Waals surface area contributed by atoms with E-state index in [1.807, 2.05) is 13.8 Å². The van der Waals surface area contributed by atoms with E-state index >= 15 is 0 Å². The number of hydrogen-bond acceptors (Lipinski definition) is 3. The molecule has 0 heterocycles. The van der Waals surface area contributed by atoms with E-state index in [0.29, 0.717) is 6.54 Å². The average Bonchev–Trinajstić information content (AvgIpc) is 2.45. The van der Waals surface area contributed by atoms with Crippen LogP contribution in [0.3, 0.4) is 0 Å². The summed E-state index contributed by atoms with van der Waals surface area (Å²) in [7, 11) is 1.72. The summed E-state index contributed by atoms with van der Waals surface area (Å²) < 4.78 is 5.38. The van der Waals surface area contributed by atoms with Crippen LogP contribution in [0.1, 0.15) is 41.0 Å². The first-order valence-corrected chi connectivity index (χ1v) is 7.78. The number of rotatable bonds is 10. The molecule has 0 saturated heterocycles. The Kier molecular flexibility index (Phi) is 10.5. The van der Waals surface area contributed by atoms with Gasteiger partial charge in [0.15, 0.2) is 5.96 Å². The van der Waals surface area contributed by atoms with Gasteiger partial charge in [0, 0.05) is 20.2 Å². The van der Waals surface area contributed by atoms with E-state index in [-0.39, 0.29) is 5.60 Å². The first-order chi connectivity index (χ1) is 9.49. The molecule has 0 aromatic rings. The smallest absolute Gasteiger partial charge is 0.191 e. The third kappa shape index (κ3) is 9.15. The second-order valence-electron chi connectivity index (χ2n) is 5.47. The van der Waals surface area contributed by atoms with Crippen LogP contribution in [0, 0.1) is 0 Å². The van der Waals surface area contributed by atoms with E-state index in [0.717, 1.165) is 45.1 Å². The van der Waals surface area contributed by atoms with E-state index < -0.39 is 0 Å². The Balaban J connectivity index is 4.11. The van der Waals surface area contributed by atoms with Crippen LogP contribution in [0.15, 0.2) is 4.99 Å². The molecule has 0 atom stereocenters. The lowest BCUT2D eigenvalue weighted by molar-refractivity contribution is 0.0310. The number of guanidine groups is 1. The van der Waals surface area contributed by atoms with E-state index in [9.17, 15) is 0 Å². The number of nitrogens with one attached hydrogen (secondary N) is 2. The minimum atomic E-state index is -0.219. The highest BCUT2D eigenvalue weighted by Gasteiger charge is 2.15. The minimum absolute atomic E-state index is 0.219. The van der Waals surface area contributed by atoms with Crippen molar-refractivity contribution < 1.29 is 4.74 Å². The number of hydrogen-bond donors (Lipinski definition) is 2. The van der Waals surface area contributed by atoms with Crippen molar-refractivity contribution in [2.24, 2.45) is 4.99 Å². The van der Waals surface area contributed by atoms with Crippen molar-refractivity contribution in [3.8, 4) is 0 Å². The zero-order valence-corrected chi connectivity index (χ0v) is 14.3. The second-order valence-corrected chi connectivity index (χ2v) is 5.47. The monoisotopic (exact) mass is 286 g/mol. The quantitative estimate of drug-likeness (QED) is 0.365. The van der Waals surface area contributed by atoms with Gasteiger partial charge in [-0.1, -0.05) is 13.8 Å². The Hall–Kier alpha value is -0.810. The van der Waals surface area contributed by atoms with Crippen LogP contribution < -0.4 is 10.6 Å². The van der Waals surface area contributed by atoms with Crippen molar-refractivity contribution in [3.63, 3.8) is 0 Å². The fourth-order valence-electron chi connectivity index (χ4n) is 1.73. The molecule has 0 aliphatic carbocycles. The van der Waals surface area contributed by atoms with Crippen molar-refractivity contribution in [1.82, 2.24) is 15.5 Å². The van der Waals surface area contributed by atoms with Gasteiger partial charge in [0.25, 0.3) is 0 Å². The largest absolute Gasteiger partial charge is 0.377 e. The van der Waals surface area contributed by atoms with Crippen molar-refractivity contribution in [2.45, 2.75) is 46.6 Å². The molecule has 0 spiro atoms. The van der Waals surface area contributed by atoms with E-state index in [1.165, 1.54) is 0 Å². The predicted molar refractivity (Wildman–Crippen MR) is 87.5 cm³/mol. The van der Waals surface area contributed by atoms with Gasteiger partial charge in [0.05, 0.1) is 12.1 Å². The van der Waals surface area contributed by atoms with E-state index in [2.05, 4.69) is 41.3 Å². The molecule has 0 radical (unpaired) electrons. The van der Waals surface area contributed by atoms with Gasteiger partial charge >= 0.3 is 0 Å². The van der Waals surface area contributed by atoms with Crippen molar-refractivity contribution in [2.75, 3.05) is 46.4 Å². The molecule has 0 saturated carbocycles. The maximum atomic E-state index is 5.38. The normalized spacial score (nSPS) is 12.8. The van der Waals surface area contributed by atoms with Crippen molar-refractivity contribution >= 4 is 5.96 Å². The third-order valence-electron chi connectivity index (χ3n) is 3.35. The fourth-order valence-corrected chi connectivity index (χ4v) is 1.73. The lowest BCUT2D eigenvalue weighted by atomic mass is 10.1. The Bertz CT molecular complexity index is 263. The van der Waals surface area contributed by atoms with Gasteiger partial charge in [-0.2, -0.15) is 0 Å². The molecule has 0 amide bonds. The van der Waals surface area contributed by atoms with Crippen LogP contribution >= 0.6 is 0 Å². The van der Waals surface area contributed by atoms with Gasteiger partial charge < -0.3 is 20.3 Å². The SMILES string of the molecule is CCNC(=NCC(C)(C)OC)NCCCN(CC)CC. The molecule has 0 aliphatic rings. The minimum Gasteiger partial charge on any atom is -0.377 e. The van der Waals surface area contributed by atoms with Crippen molar-refractivity contribution in [1.29, 1.82) is 0 Å². The van der Waals surface area contributed by atoms with Gasteiger partial charge in [-0.15, -0.1) is 0 Å². The second kappa shape index (κ2) is 10.9. The van der Waals surface area contributed by atoms with Crippen LogP contribution in [-0.4, -0.2) is 62.8 Å². The molecule has 20 heavy (non-hydrogen) atoms. The molecule has 0 aromatic carbocycles. The highest BCUT2D eigenvalue weighted by atomic mass is 16.5. The van der Waals surface area contributed by atoms with Gasteiger partial charge in [-0.05, 0) is 46.8 Å². The zero-order chi connectivity index (χ0) is 15.4. The Morgan fingerprint density at radius 2 is 1.80 bits per heavy atom. The molecule has 0 fully saturated rings. The Morgan fingerprint density at radius 1 is 1.15 bits per heavy atom. The van der Waals surface area contributed by atoms with Gasteiger partial charge in [0.2, 0.25) is 0 Å². The molecule has 0 bridgehead atoms. The third-order valence-corrected chi connectivity index (χ3v) is 3.35. The summed E-state index contributed by atoms with van der Waals surface area (Å²) in [5.41, 5.74) is -0.219. The summed E-state index contributed by atoms with van der Waals surface area (Å²) in [5, 5.41) is 6.64. The predicted octanol–water partition coefficient (Wildman–Crippen LogP) is 1.70. The Labute approximate surface area is 125 Å². The van der Waals surface area contributed by atoms with Gasteiger partial charge in [-0.25, -0.2) is 0 Å². The zero-order valence-electron chi connectivity index (χ0n) is 14.3. The molecular formula is C15H34N4O. The summed E-state index contributed by atoms with van der Waals surface area (Å²) in [6.07, 6.45) is 1.12. The van der Waals surface area contributed by atoms with Crippen LogP contribution in [0.4, 0.5) is 0 Å². The van der Waals surface area contributed by atoms with Crippen molar-refractivity contribution in [3.05, 3.63) is 0 Å². The summed E-state index contributed by atoms with van der Waals surface area (Å²) >= 11 is 0. The van der Waals surface area contributed by atoms with Gasteiger partial charge in [-0.3, -0.25) is 4.99 Å². The maximum absolute atomic E-state index is 5.38. The van der Waals surface area contributed by atoms with Crippen LogP contribution in [0.25, 0.3) is 0 Å². The molecule has 120 valence electrons. The molecule has 5 heteroatoms. The number of ether oxygens (including phenoxy) is 1. The fraction of sp³-hybridized carbons (Fsp3) is 0.933. The lowest BCUT2D eigenvalue weighted by Crippen LogP contribution is -2.40. The molecule has 2 N–H and O–H groups in total. The van der Waals surface area contributed by atoms with E-state index in [1.54, 1.807) is 7.11 Å². The number of nitrogens with zero attached hydrogens (tertiary/aromatic N) is 2. The maximum Gasteiger partial charge on any atom is 0.191 e. The molecule has 5 nitrogen and oxygen atoms in total.